The van der Waals surface area contributed by atoms with E-state index in [0.29, 0.717) is 6.54 Å². The quantitative estimate of drug-likeness (QED) is 0.0375. The lowest BCUT2D eigenvalue weighted by molar-refractivity contribution is -0.247. The Morgan fingerprint density at radius 2 is 1.49 bits per heavy atom. The number of nitrogens with zero attached hydrogens (tertiary/aromatic N) is 4. The molecule has 8 atom stereocenters. The number of hydrogen-bond donors (Lipinski definition) is 9. The molecule has 0 spiro atoms. The lowest BCUT2D eigenvalue weighted by Gasteiger charge is -2.35. The van der Waals surface area contributed by atoms with Crippen molar-refractivity contribution in [1.29, 1.82) is 0 Å². The Hall–Kier alpha value is -2.23. The fourth-order valence-electron chi connectivity index (χ4n) is 6.33. The van der Waals surface area contributed by atoms with Crippen LogP contribution in [0.15, 0.2) is 12.7 Å². The van der Waals surface area contributed by atoms with Gasteiger partial charge in [-0.1, -0.05) is 91.4 Å². The molecule has 2 aromatic rings. The van der Waals surface area contributed by atoms with Crippen molar-refractivity contribution in [2.45, 2.75) is 135 Å². The van der Waals surface area contributed by atoms with Gasteiger partial charge in [0.05, 0.1) is 19.5 Å². The van der Waals surface area contributed by atoms with Crippen molar-refractivity contribution in [3.8, 4) is 0 Å². The second kappa shape index (κ2) is 30.3. The highest BCUT2D eigenvalue weighted by Crippen LogP contribution is 2.56. The van der Waals surface area contributed by atoms with Crippen molar-refractivity contribution >= 4 is 64.0 Å². The molecule has 2 aromatic heterocycles. The highest BCUT2D eigenvalue weighted by atomic mass is 32.2. The Morgan fingerprint density at radius 3 is 2.09 bits per heavy atom. The number of nitrogen functional groups attached to an aromatic ring is 1. The summed E-state index contributed by atoms with van der Waals surface area (Å²) in [7, 11) is -17.3. The van der Waals surface area contributed by atoms with E-state index in [4.69, 9.17) is 10.5 Å². The summed E-state index contributed by atoms with van der Waals surface area (Å²) < 4.78 is 61.1. The number of hydrogen-bond acceptors (Lipinski definition) is 20. The van der Waals surface area contributed by atoms with E-state index < -0.39 is 78.6 Å². The first-order valence-electron chi connectivity index (χ1n) is 20.6. The van der Waals surface area contributed by atoms with E-state index in [1.807, 2.05) is 0 Å². The number of carbonyl (C=O) groups is 2. The number of anilines is 1. The number of carbonyl (C=O) groups excluding carboxylic acids is 2. The third-order valence-electron chi connectivity index (χ3n) is 9.77. The van der Waals surface area contributed by atoms with Crippen LogP contribution in [0, 0.1) is 5.41 Å². The average Bonchev–Trinajstić information content (AvgIpc) is 3.75. The number of amides is 2. The molecule has 1 aliphatic rings. The van der Waals surface area contributed by atoms with Gasteiger partial charge in [-0.05, 0) is 12.2 Å². The molecule has 0 aliphatic carbocycles. The van der Waals surface area contributed by atoms with E-state index in [2.05, 4.69) is 50.4 Å². The summed E-state index contributed by atoms with van der Waals surface area (Å²) in [5.74, 6) is 0.432. The van der Waals surface area contributed by atoms with Crippen LogP contribution in [-0.4, -0.2) is 109 Å². The second-order valence-electron chi connectivity index (χ2n) is 15.5. The third kappa shape index (κ3) is 22.6. The van der Waals surface area contributed by atoms with Crippen LogP contribution < -0.4 is 49.5 Å². The summed E-state index contributed by atoms with van der Waals surface area (Å²) in [5.41, 5.74) is 4.19. The molecular weight excluding hydrogens is 941 g/mol. The number of aliphatic hydroxyl groups excluding tert-OH is 2. The number of imidazole rings is 1. The molecule has 0 aromatic carbocycles. The van der Waals surface area contributed by atoms with Crippen molar-refractivity contribution in [3.63, 3.8) is 0 Å². The molecule has 26 nitrogen and oxygen atoms in total. The second-order valence-corrected chi connectivity index (χ2v) is 20.8. The lowest BCUT2D eigenvalue weighted by atomic mass is 9.87. The minimum Gasteiger partial charge on any atom is -0.756 e. The number of aliphatic hydroxyl groups is 2. The molecule has 65 heavy (non-hydrogen) atoms. The molecule has 3 rings (SSSR count). The Bertz CT molecular complexity index is 1850. The monoisotopic (exact) mass is 1010 g/mol. The zero-order valence-electron chi connectivity index (χ0n) is 38.2. The number of nitrogens with one attached hydrogen (secondary N) is 2. The van der Waals surface area contributed by atoms with Gasteiger partial charge >= 0.3 is 0 Å². The SMILES string of the molecule is CCCCCCCCCCCCCCSCCNC(=O)CCNC(=O)[C@H](O)C(C)(C)COP(=O)([O-])OP(=O)([O-])OC[C@H]1O[C@@H](n2cnc3c(N)ncnc32)[C@H](O)[C@@H]1OP(=O)([O-])O.[NH4+].[NH4+].[NH4+]. The van der Waals surface area contributed by atoms with Crippen molar-refractivity contribution in [1.82, 2.24) is 48.6 Å². The van der Waals surface area contributed by atoms with Crippen LogP contribution >= 0.6 is 35.2 Å². The number of quaternary nitrogens is 3. The van der Waals surface area contributed by atoms with Crippen molar-refractivity contribution in [2.24, 2.45) is 5.41 Å². The first kappa shape index (κ1) is 62.8. The summed E-state index contributed by atoms with van der Waals surface area (Å²) in [6.07, 6.45) is 8.30. The fraction of sp³-hybridized carbons (Fsp3) is 0.800. The van der Waals surface area contributed by atoms with Crippen LogP contribution in [0.25, 0.3) is 11.2 Å². The van der Waals surface area contributed by atoms with E-state index in [1.54, 1.807) is 11.8 Å². The van der Waals surface area contributed by atoms with E-state index in [0.717, 1.165) is 35.1 Å². The van der Waals surface area contributed by atoms with E-state index in [9.17, 15) is 53.1 Å². The van der Waals surface area contributed by atoms with Crippen LogP contribution in [-0.2, 0) is 45.9 Å². The van der Waals surface area contributed by atoms with Crippen molar-refractivity contribution < 1.29 is 75.7 Å². The maximum atomic E-state index is 12.6. The van der Waals surface area contributed by atoms with Crippen molar-refractivity contribution in [3.05, 3.63) is 12.7 Å². The topological polar surface area (TPSA) is 465 Å². The van der Waals surface area contributed by atoms with Crippen LogP contribution in [0.4, 0.5) is 5.82 Å². The summed E-state index contributed by atoms with van der Waals surface area (Å²) in [6, 6.07) is 0. The zero-order chi connectivity index (χ0) is 46.0. The molecule has 0 saturated carbocycles. The number of thioether (sulfide) groups is 1. The van der Waals surface area contributed by atoms with E-state index >= 15 is 0 Å². The molecule has 3 unspecified atom stereocenters. The number of fused-ring (bicyclic) bond motifs is 1. The number of ether oxygens (including phenoxy) is 1. The first-order chi connectivity index (χ1) is 29.2. The fourth-order valence-corrected chi connectivity index (χ4v) is 9.94. The molecular formula is C35H73N10O16P3S. The molecule has 2 amide bonds. The van der Waals surface area contributed by atoms with Gasteiger partial charge in [0.15, 0.2) is 17.7 Å². The van der Waals surface area contributed by atoms with Gasteiger partial charge in [-0.2, -0.15) is 11.8 Å². The number of aromatic nitrogens is 4. The van der Waals surface area contributed by atoms with Gasteiger partial charge in [-0.15, -0.1) is 0 Å². The molecule has 380 valence electrons. The standard InChI is InChI=1S/C35H64N7O16P3S.3H3N/c1-4-5-6-7-8-9-10-11-12-13-14-15-19-62-20-18-37-26(43)16-17-38-33(46)30(45)35(2,3)22-55-61(52,53)58-60(50,51)54-21-25-29(57-59(47,48)49)28(44)34(56-25)42-24-41-27-31(36)39-23-40-32(27)42;;;/h23-25,28-30,34,44-45H,4-22H2,1-3H3,(H,37,43)(H,38,46)(H,50,51)(H,52,53)(H2,36,39,40)(H2,47,48,49);3*1H3/t25-,28-,29-,30+,34-;;;/m1.../s1. The molecule has 3 heterocycles. The Morgan fingerprint density at radius 1 is 0.908 bits per heavy atom. The van der Waals surface area contributed by atoms with Gasteiger partial charge in [0.25, 0.3) is 23.5 Å². The van der Waals surface area contributed by atoms with Gasteiger partial charge in [0.1, 0.15) is 36.3 Å². The summed E-state index contributed by atoms with van der Waals surface area (Å²) in [4.78, 5) is 82.5. The van der Waals surface area contributed by atoms with Crippen LogP contribution in [0.2, 0.25) is 0 Å². The van der Waals surface area contributed by atoms with Crippen LogP contribution in [0.5, 0.6) is 0 Å². The van der Waals surface area contributed by atoms with Gasteiger partial charge < -0.3 is 82.9 Å². The molecule has 0 bridgehead atoms. The molecule has 19 N–H and O–H groups in total. The van der Waals surface area contributed by atoms with Crippen LogP contribution in [0.3, 0.4) is 0 Å². The molecule has 1 fully saturated rings. The van der Waals surface area contributed by atoms with Crippen molar-refractivity contribution in [2.75, 3.05) is 43.5 Å². The summed E-state index contributed by atoms with van der Waals surface area (Å²) >= 11 is 1.76. The normalized spacial score (nSPS) is 20.6. The lowest BCUT2D eigenvalue weighted by Crippen LogP contribution is -2.46. The van der Waals surface area contributed by atoms with E-state index in [1.165, 1.54) is 84.5 Å². The Balaban J connectivity index is 0.0000137. The summed E-state index contributed by atoms with van der Waals surface area (Å²) in [6.45, 7) is 2.86. The minimum atomic E-state index is -5.88. The number of unbranched alkanes of at least 4 members (excludes halogenated alkanes) is 11. The number of phosphoric ester groups is 3. The van der Waals surface area contributed by atoms with Gasteiger partial charge in [-0.25, -0.2) is 19.3 Å². The maximum absolute atomic E-state index is 12.6. The van der Waals surface area contributed by atoms with Crippen LogP contribution in [0.1, 0.15) is 110 Å². The Labute approximate surface area is 383 Å². The predicted octanol–water partition coefficient (Wildman–Crippen LogP) is 3.07. The predicted molar refractivity (Wildman–Crippen MR) is 239 cm³/mol. The van der Waals surface area contributed by atoms with E-state index in [-0.39, 0.29) is 54.3 Å². The molecule has 1 aliphatic heterocycles. The average molecular weight is 1020 g/mol. The van der Waals surface area contributed by atoms with Gasteiger partial charge in [0.2, 0.25) is 11.8 Å². The molecule has 1 saturated heterocycles. The number of rotatable bonds is 32. The summed E-state index contributed by atoms with van der Waals surface area (Å²) in [5, 5.41) is 26.6. The van der Waals surface area contributed by atoms with Gasteiger partial charge in [-0.3, -0.25) is 27.9 Å². The maximum Gasteiger partial charge on any atom is 0.274 e. The molecule has 0 radical (unpaired) electrons. The smallest absolute Gasteiger partial charge is 0.274 e. The Kier molecular flexibility index (Phi) is 29.3. The van der Waals surface area contributed by atoms with Gasteiger partial charge in [0, 0.05) is 30.7 Å². The highest BCUT2D eigenvalue weighted by Gasteiger charge is 2.48. The number of phosphoric acid groups is 3. The first-order valence-corrected chi connectivity index (χ1v) is 26.1. The third-order valence-corrected chi connectivity index (χ3v) is 13.9. The number of nitrogens with two attached hydrogens (primary N) is 1. The molecule has 30 heteroatoms. The zero-order valence-corrected chi connectivity index (χ0v) is 41.7. The minimum absolute atomic E-state index is 0. The highest BCUT2D eigenvalue weighted by molar-refractivity contribution is 7.99. The largest absolute Gasteiger partial charge is 0.756 e.